The summed E-state index contributed by atoms with van der Waals surface area (Å²) in [6.45, 7) is 3.98. The second kappa shape index (κ2) is 8.68. The Hall–Kier alpha value is -2.91. The van der Waals surface area contributed by atoms with Crippen LogP contribution in [0.3, 0.4) is 0 Å². The molecule has 2 heterocycles. The van der Waals surface area contributed by atoms with Gasteiger partial charge in [-0.25, -0.2) is 0 Å². The molecular formula is C21H23F3N4O3. The molecule has 0 saturated heterocycles. The van der Waals surface area contributed by atoms with Gasteiger partial charge in [-0.05, 0) is 49.9 Å². The summed E-state index contributed by atoms with van der Waals surface area (Å²) >= 11 is 0. The number of aryl methyl sites for hydroxylation is 2. The van der Waals surface area contributed by atoms with E-state index in [0.29, 0.717) is 42.0 Å². The van der Waals surface area contributed by atoms with Gasteiger partial charge in [0.05, 0.1) is 6.61 Å². The van der Waals surface area contributed by atoms with Gasteiger partial charge in [-0.2, -0.15) is 23.1 Å². The lowest BCUT2D eigenvalue weighted by Gasteiger charge is -2.17. The number of ether oxygens (including phenoxy) is 1. The summed E-state index contributed by atoms with van der Waals surface area (Å²) < 4.78 is 53.7. The Labute approximate surface area is 177 Å². The lowest BCUT2D eigenvalue weighted by atomic mass is 9.89. The van der Waals surface area contributed by atoms with Crippen molar-refractivity contribution in [3.05, 3.63) is 40.9 Å². The first kappa shape index (κ1) is 21.3. The van der Waals surface area contributed by atoms with Gasteiger partial charge in [0.25, 0.3) is 0 Å². The first-order chi connectivity index (χ1) is 14.8. The molecule has 0 amide bonds. The van der Waals surface area contributed by atoms with Gasteiger partial charge < -0.3 is 13.8 Å². The molecule has 2 aromatic heterocycles. The molecule has 0 atom stereocenters. The molecule has 1 saturated carbocycles. The van der Waals surface area contributed by atoms with E-state index in [4.69, 9.17) is 9.26 Å². The molecule has 0 aliphatic heterocycles. The van der Waals surface area contributed by atoms with Crippen molar-refractivity contribution in [2.24, 2.45) is 0 Å². The summed E-state index contributed by atoms with van der Waals surface area (Å²) in [5.41, 5.74) is 1.94. The molecule has 1 fully saturated rings. The van der Waals surface area contributed by atoms with Crippen molar-refractivity contribution in [1.29, 1.82) is 0 Å². The van der Waals surface area contributed by atoms with Gasteiger partial charge in [-0.15, -0.1) is 0 Å². The average Bonchev–Trinajstić information content (AvgIpc) is 3.40. The van der Waals surface area contributed by atoms with Crippen molar-refractivity contribution >= 4 is 0 Å². The first-order valence-corrected chi connectivity index (χ1v) is 10.3. The van der Waals surface area contributed by atoms with Crippen molar-refractivity contribution < 1.29 is 27.0 Å². The zero-order valence-electron chi connectivity index (χ0n) is 17.3. The SMILES string of the molecule is Cc1cc(-c2noc(C(F)(F)F)n2)cc(C)c1OCCc1noc(C2CCCCC2)n1. The minimum atomic E-state index is -4.68. The third-order valence-electron chi connectivity index (χ3n) is 5.40. The normalized spacial score (nSPS) is 15.4. The number of aromatic nitrogens is 4. The molecule has 4 rings (SSSR count). The van der Waals surface area contributed by atoms with Gasteiger partial charge in [0.1, 0.15) is 5.75 Å². The van der Waals surface area contributed by atoms with E-state index < -0.39 is 12.1 Å². The van der Waals surface area contributed by atoms with Crippen molar-refractivity contribution in [2.45, 2.75) is 64.5 Å². The monoisotopic (exact) mass is 436 g/mol. The van der Waals surface area contributed by atoms with E-state index in [1.54, 1.807) is 12.1 Å². The van der Waals surface area contributed by atoms with Crippen LogP contribution in [-0.4, -0.2) is 26.9 Å². The highest BCUT2D eigenvalue weighted by Gasteiger charge is 2.38. The third-order valence-corrected chi connectivity index (χ3v) is 5.40. The predicted molar refractivity (Wildman–Crippen MR) is 104 cm³/mol. The Kier molecular flexibility index (Phi) is 5.97. The van der Waals surface area contributed by atoms with Gasteiger partial charge in [0.2, 0.25) is 11.7 Å². The summed E-state index contributed by atoms with van der Waals surface area (Å²) in [5.74, 6) is 0.844. The highest BCUT2D eigenvalue weighted by molar-refractivity contribution is 5.61. The van der Waals surface area contributed by atoms with Crippen LogP contribution in [0.2, 0.25) is 0 Å². The summed E-state index contributed by atoms with van der Waals surface area (Å²) in [5, 5.41) is 7.49. The molecule has 1 aromatic carbocycles. The highest BCUT2D eigenvalue weighted by Crippen LogP contribution is 2.33. The van der Waals surface area contributed by atoms with E-state index in [1.165, 1.54) is 19.3 Å². The predicted octanol–water partition coefficient (Wildman–Crippen LogP) is 5.42. The maximum atomic E-state index is 12.7. The first-order valence-electron chi connectivity index (χ1n) is 10.3. The molecule has 166 valence electrons. The summed E-state index contributed by atoms with van der Waals surface area (Å²) in [4.78, 5) is 7.94. The Morgan fingerprint density at radius 3 is 2.35 bits per heavy atom. The van der Waals surface area contributed by atoms with Crippen LogP contribution in [0.1, 0.15) is 66.8 Å². The van der Waals surface area contributed by atoms with Gasteiger partial charge in [-0.3, -0.25) is 0 Å². The van der Waals surface area contributed by atoms with E-state index in [9.17, 15) is 13.2 Å². The Balaban J connectivity index is 1.39. The maximum absolute atomic E-state index is 12.7. The van der Waals surface area contributed by atoms with Gasteiger partial charge >= 0.3 is 12.1 Å². The van der Waals surface area contributed by atoms with Crippen molar-refractivity contribution in [3.63, 3.8) is 0 Å². The van der Waals surface area contributed by atoms with Crippen LogP contribution in [0.15, 0.2) is 21.2 Å². The quantitative estimate of drug-likeness (QED) is 0.509. The molecule has 3 aromatic rings. The standard InChI is InChI=1S/C21H23F3N4O3/c1-12-10-15(18-26-20(31-28-18)21(22,23)24)11-13(2)17(12)29-9-8-16-25-19(30-27-16)14-6-4-3-5-7-14/h10-11,14H,3-9H2,1-2H3. The Morgan fingerprint density at radius 2 is 1.71 bits per heavy atom. The summed E-state index contributed by atoms with van der Waals surface area (Å²) in [6, 6.07) is 3.34. The topological polar surface area (TPSA) is 87.1 Å². The lowest BCUT2D eigenvalue weighted by Crippen LogP contribution is -2.07. The number of rotatable bonds is 6. The number of nitrogens with zero attached hydrogens (tertiary/aromatic N) is 4. The molecule has 0 spiro atoms. The molecule has 0 N–H and O–H groups in total. The van der Waals surface area contributed by atoms with E-state index in [1.807, 2.05) is 13.8 Å². The van der Waals surface area contributed by atoms with Crippen LogP contribution in [-0.2, 0) is 12.6 Å². The molecule has 10 heteroatoms. The maximum Gasteiger partial charge on any atom is 0.471 e. The number of hydrogen-bond donors (Lipinski definition) is 0. The smallest absolute Gasteiger partial charge is 0.471 e. The minimum Gasteiger partial charge on any atom is -0.493 e. The minimum absolute atomic E-state index is 0.118. The summed E-state index contributed by atoms with van der Waals surface area (Å²) in [7, 11) is 0. The fraction of sp³-hybridized carbons (Fsp3) is 0.524. The highest BCUT2D eigenvalue weighted by atomic mass is 19.4. The van der Waals surface area contributed by atoms with Crippen LogP contribution in [0.4, 0.5) is 13.2 Å². The van der Waals surface area contributed by atoms with Gasteiger partial charge in [0.15, 0.2) is 5.82 Å². The van der Waals surface area contributed by atoms with Crippen molar-refractivity contribution in [1.82, 2.24) is 20.3 Å². The second-order valence-electron chi connectivity index (χ2n) is 7.84. The van der Waals surface area contributed by atoms with Crippen LogP contribution in [0, 0.1) is 13.8 Å². The van der Waals surface area contributed by atoms with Crippen LogP contribution >= 0.6 is 0 Å². The zero-order valence-corrected chi connectivity index (χ0v) is 17.3. The molecule has 1 aliphatic rings. The van der Waals surface area contributed by atoms with Gasteiger partial charge in [-0.1, -0.05) is 29.6 Å². The van der Waals surface area contributed by atoms with Crippen LogP contribution in [0.5, 0.6) is 5.75 Å². The molecule has 0 radical (unpaired) electrons. The molecule has 1 aliphatic carbocycles. The van der Waals surface area contributed by atoms with E-state index >= 15 is 0 Å². The zero-order chi connectivity index (χ0) is 22.0. The number of hydrogen-bond acceptors (Lipinski definition) is 7. The molecule has 0 unspecified atom stereocenters. The molecular weight excluding hydrogens is 413 g/mol. The number of halogens is 3. The lowest BCUT2D eigenvalue weighted by molar-refractivity contribution is -0.159. The van der Waals surface area contributed by atoms with E-state index in [-0.39, 0.29) is 5.82 Å². The van der Waals surface area contributed by atoms with Crippen molar-refractivity contribution in [3.8, 4) is 17.1 Å². The number of alkyl halides is 3. The summed E-state index contributed by atoms with van der Waals surface area (Å²) in [6.07, 6.45) is 1.66. The van der Waals surface area contributed by atoms with E-state index in [0.717, 1.165) is 24.0 Å². The van der Waals surface area contributed by atoms with Crippen molar-refractivity contribution in [2.75, 3.05) is 6.61 Å². The van der Waals surface area contributed by atoms with E-state index in [2.05, 4.69) is 24.8 Å². The molecule has 31 heavy (non-hydrogen) atoms. The average molecular weight is 436 g/mol. The third kappa shape index (κ3) is 4.88. The fourth-order valence-electron chi connectivity index (χ4n) is 3.89. The second-order valence-corrected chi connectivity index (χ2v) is 7.84. The van der Waals surface area contributed by atoms with Gasteiger partial charge in [0, 0.05) is 17.9 Å². The molecule has 7 nitrogen and oxygen atoms in total. The van der Waals surface area contributed by atoms with Crippen LogP contribution in [0.25, 0.3) is 11.4 Å². The fourth-order valence-corrected chi connectivity index (χ4v) is 3.89. The number of benzene rings is 1. The Morgan fingerprint density at radius 1 is 1.00 bits per heavy atom. The largest absolute Gasteiger partial charge is 0.493 e. The Bertz CT molecular complexity index is 1020. The van der Waals surface area contributed by atoms with Crippen LogP contribution < -0.4 is 4.74 Å². The molecule has 0 bridgehead atoms.